The minimum atomic E-state index is -0.484. The summed E-state index contributed by atoms with van der Waals surface area (Å²) in [6, 6.07) is 7.84. The number of nitrogens with zero attached hydrogens (tertiary/aromatic N) is 1. The van der Waals surface area contributed by atoms with Crippen molar-refractivity contribution < 1.29 is 9.84 Å². The van der Waals surface area contributed by atoms with Crippen LogP contribution in [0.2, 0.25) is 0 Å². The van der Waals surface area contributed by atoms with Gasteiger partial charge in [0.2, 0.25) is 0 Å². The van der Waals surface area contributed by atoms with Crippen LogP contribution in [-0.4, -0.2) is 45.0 Å². The molecular formula is C15H26N2O2. The molecule has 0 fully saturated rings. The first-order chi connectivity index (χ1) is 8.99. The molecular weight excluding hydrogens is 240 g/mol. The van der Waals surface area contributed by atoms with E-state index in [2.05, 4.69) is 19.2 Å². The molecule has 0 aliphatic carbocycles. The molecule has 4 heteroatoms. The summed E-state index contributed by atoms with van der Waals surface area (Å²) in [5, 5.41) is 13.0. The van der Waals surface area contributed by atoms with Crippen LogP contribution in [0.1, 0.15) is 13.8 Å². The largest absolute Gasteiger partial charge is 0.491 e. The first-order valence-corrected chi connectivity index (χ1v) is 6.78. The van der Waals surface area contributed by atoms with Gasteiger partial charge in [0.25, 0.3) is 0 Å². The van der Waals surface area contributed by atoms with E-state index in [4.69, 9.17) is 4.74 Å². The van der Waals surface area contributed by atoms with Gasteiger partial charge in [-0.2, -0.15) is 0 Å². The lowest BCUT2D eigenvalue weighted by atomic mass is 10.2. The maximum absolute atomic E-state index is 9.80. The Bertz CT molecular complexity index is 367. The second kappa shape index (κ2) is 8.02. The summed E-state index contributed by atoms with van der Waals surface area (Å²) in [7, 11) is 3.98. The number of aliphatic hydroxyl groups is 1. The molecule has 108 valence electrons. The highest BCUT2D eigenvalue weighted by Crippen LogP contribution is 2.19. The normalized spacial score (nSPS) is 12.5. The maximum Gasteiger partial charge on any atom is 0.121 e. The SMILES string of the molecule is CC(C)CNCC(O)COc1cccc(N(C)C)c1. The van der Waals surface area contributed by atoms with Crippen LogP contribution in [-0.2, 0) is 0 Å². The molecule has 0 amide bonds. The zero-order valence-electron chi connectivity index (χ0n) is 12.4. The predicted molar refractivity (Wildman–Crippen MR) is 80.0 cm³/mol. The highest BCUT2D eigenvalue weighted by atomic mass is 16.5. The van der Waals surface area contributed by atoms with Crippen molar-refractivity contribution in [3.05, 3.63) is 24.3 Å². The lowest BCUT2D eigenvalue weighted by Gasteiger charge is -2.16. The molecule has 0 bridgehead atoms. The lowest BCUT2D eigenvalue weighted by Crippen LogP contribution is -2.33. The number of hydrogen-bond donors (Lipinski definition) is 2. The molecule has 0 aliphatic rings. The molecule has 0 spiro atoms. The fraction of sp³-hybridized carbons (Fsp3) is 0.600. The molecule has 1 aromatic rings. The van der Waals surface area contributed by atoms with Crippen LogP contribution in [0.5, 0.6) is 5.75 Å². The molecule has 19 heavy (non-hydrogen) atoms. The molecule has 0 saturated carbocycles. The molecule has 2 N–H and O–H groups in total. The van der Waals surface area contributed by atoms with Gasteiger partial charge in [0.15, 0.2) is 0 Å². The van der Waals surface area contributed by atoms with Crippen LogP contribution in [0, 0.1) is 5.92 Å². The van der Waals surface area contributed by atoms with Crippen LogP contribution in [0.4, 0.5) is 5.69 Å². The minimum absolute atomic E-state index is 0.308. The molecule has 1 unspecified atom stereocenters. The van der Waals surface area contributed by atoms with Crippen molar-refractivity contribution in [2.24, 2.45) is 5.92 Å². The van der Waals surface area contributed by atoms with Crippen molar-refractivity contribution in [2.45, 2.75) is 20.0 Å². The van der Waals surface area contributed by atoms with E-state index in [1.807, 2.05) is 43.3 Å². The third-order valence-electron chi connectivity index (χ3n) is 2.71. The van der Waals surface area contributed by atoms with Crippen LogP contribution < -0.4 is 15.0 Å². The van der Waals surface area contributed by atoms with Gasteiger partial charge in [-0.15, -0.1) is 0 Å². The number of hydrogen-bond acceptors (Lipinski definition) is 4. The highest BCUT2D eigenvalue weighted by molar-refractivity contribution is 5.49. The Labute approximate surface area is 116 Å². The Hall–Kier alpha value is -1.26. The Balaban J connectivity index is 2.33. The second-order valence-corrected chi connectivity index (χ2v) is 5.41. The molecule has 4 nitrogen and oxygen atoms in total. The van der Waals surface area contributed by atoms with Crippen molar-refractivity contribution in [1.82, 2.24) is 5.32 Å². The monoisotopic (exact) mass is 266 g/mol. The average molecular weight is 266 g/mol. The summed E-state index contributed by atoms with van der Waals surface area (Å²) in [5.41, 5.74) is 1.09. The number of ether oxygens (including phenoxy) is 1. The molecule has 0 radical (unpaired) electrons. The summed E-state index contributed by atoms with van der Waals surface area (Å²) in [6.07, 6.45) is -0.484. The van der Waals surface area contributed by atoms with Gasteiger partial charge in [-0.05, 0) is 24.6 Å². The van der Waals surface area contributed by atoms with Gasteiger partial charge < -0.3 is 20.1 Å². The number of nitrogens with one attached hydrogen (secondary N) is 1. The van der Waals surface area contributed by atoms with Crippen molar-refractivity contribution in [3.63, 3.8) is 0 Å². The third-order valence-corrected chi connectivity index (χ3v) is 2.71. The van der Waals surface area contributed by atoms with Crippen molar-refractivity contribution in [1.29, 1.82) is 0 Å². The maximum atomic E-state index is 9.80. The van der Waals surface area contributed by atoms with Crippen LogP contribution in [0.25, 0.3) is 0 Å². The molecule has 0 aliphatic heterocycles. The lowest BCUT2D eigenvalue weighted by molar-refractivity contribution is 0.106. The summed E-state index contributed by atoms with van der Waals surface area (Å²) in [6.45, 7) is 6.06. The van der Waals surface area contributed by atoms with Gasteiger partial charge >= 0.3 is 0 Å². The van der Waals surface area contributed by atoms with Gasteiger partial charge in [0, 0.05) is 32.4 Å². The van der Waals surface area contributed by atoms with Gasteiger partial charge in [-0.1, -0.05) is 19.9 Å². The molecule has 1 atom stereocenters. The zero-order chi connectivity index (χ0) is 14.3. The molecule has 0 heterocycles. The van der Waals surface area contributed by atoms with Crippen LogP contribution in [0.3, 0.4) is 0 Å². The second-order valence-electron chi connectivity index (χ2n) is 5.41. The number of rotatable bonds is 8. The van der Waals surface area contributed by atoms with E-state index >= 15 is 0 Å². The fourth-order valence-corrected chi connectivity index (χ4v) is 1.64. The summed E-state index contributed by atoms with van der Waals surface area (Å²) >= 11 is 0. The van der Waals surface area contributed by atoms with E-state index in [0.717, 1.165) is 18.0 Å². The van der Waals surface area contributed by atoms with Gasteiger partial charge in [0.05, 0.1) is 0 Å². The van der Waals surface area contributed by atoms with E-state index in [1.54, 1.807) is 0 Å². The average Bonchev–Trinajstić information content (AvgIpc) is 2.36. The summed E-state index contributed by atoms with van der Waals surface area (Å²) in [4.78, 5) is 2.02. The van der Waals surface area contributed by atoms with E-state index in [0.29, 0.717) is 19.1 Å². The van der Waals surface area contributed by atoms with E-state index < -0.39 is 6.10 Å². The van der Waals surface area contributed by atoms with Gasteiger partial charge in [0.1, 0.15) is 18.5 Å². The smallest absolute Gasteiger partial charge is 0.121 e. The van der Waals surface area contributed by atoms with Gasteiger partial charge in [-0.3, -0.25) is 0 Å². The highest BCUT2D eigenvalue weighted by Gasteiger charge is 2.06. The predicted octanol–water partition coefficient (Wildman–Crippen LogP) is 1.74. The quantitative estimate of drug-likeness (QED) is 0.752. The molecule has 0 aromatic heterocycles. The number of aliphatic hydroxyl groups excluding tert-OH is 1. The zero-order valence-corrected chi connectivity index (χ0v) is 12.4. The third kappa shape index (κ3) is 6.45. The number of benzene rings is 1. The Morgan fingerprint density at radius 2 is 2.00 bits per heavy atom. The van der Waals surface area contributed by atoms with Crippen molar-refractivity contribution in [2.75, 3.05) is 38.7 Å². The minimum Gasteiger partial charge on any atom is -0.491 e. The van der Waals surface area contributed by atoms with Crippen molar-refractivity contribution >= 4 is 5.69 Å². The number of anilines is 1. The molecule has 0 saturated heterocycles. The molecule has 1 rings (SSSR count). The fourth-order valence-electron chi connectivity index (χ4n) is 1.64. The van der Waals surface area contributed by atoms with E-state index in [1.165, 1.54) is 0 Å². The van der Waals surface area contributed by atoms with Gasteiger partial charge in [-0.25, -0.2) is 0 Å². The summed E-state index contributed by atoms with van der Waals surface area (Å²) < 4.78 is 5.60. The van der Waals surface area contributed by atoms with E-state index in [-0.39, 0.29) is 0 Å². The first kappa shape index (κ1) is 15.8. The van der Waals surface area contributed by atoms with Crippen LogP contribution >= 0.6 is 0 Å². The first-order valence-electron chi connectivity index (χ1n) is 6.78. The topological polar surface area (TPSA) is 44.7 Å². The molecule has 1 aromatic carbocycles. The Kier molecular flexibility index (Phi) is 6.67. The van der Waals surface area contributed by atoms with Crippen LogP contribution in [0.15, 0.2) is 24.3 Å². The summed E-state index contributed by atoms with van der Waals surface area (Å²) in [5.74, 6) is 1.37. The van der Waals surface area contributed by atoms with E-state index in [9.17, 15) is 5.11 Å². The Morgan fingerprint density at radius 1 is 1.26 bits per heavy atom. The Morgan fingerprint density at radius 3 is 2.63 bits per heavy atom. The van der Waals surface area contributed by atoms with Crippen molar-refractivity contribution in [3.8, 4) is 5.75 Å². The standard InChI is InChI=1S/C15H26N2O2/c1-12(2)9-16-10-14(18)11-19-15-7-5-6-13(8-15)17(3)4/h5-8,12,14,16,18H,9-11H2,1-4H3.